The molecule has 2 heterocycles. The maximum Gasteiger partial charge on any atom is 2.00 e. The number of rotatable bonds is 6. The molecule has 0 saturated heterocycles. The topological polar surface area (TPSA) is 35.6 Å². The molecule has 4 nitrogen and oxygen atoms in total. The zero-order chi connectivity index (χ0) is 23.5. The van der Waals surface area contributed by atoms with Crippen molar-refractivity contribution in [3.8, 4) is 11.4 Å². The summed E-state index contributed by atoms with van der Waals surface area (Å²) in [4.78, 5) is 0. The fourth-order valence-corrected chi connectivity index (χ4v) is 4.75. The second kappa shape index (κ2) is 10.3. The second-order valence-corrected chi connectivity index (χ2v) is 8.28. The van der Waals surface area contributed by atoms with Gasteiger partial charge in [0.25, 0.3) is 0 Å². The van der Waals surface area contributed by atoms with Crippen LogP contribution in [0.4, 0.5) is 0 Å². The van der Waals surface area contributed by atoms with Crippen molar-refractivity contribution >= 4 is 0 Å². The fraction of sp³-hybridized carbons (Fsp3) is 0.0323. The van der Waals surface area contributed by atoms with Gasteiger partial charge in [0.2, 0.25) is 0 Å². The smallest absolute Gasteiger partial charge is 0.266 e. The van der Waals surface area contributed by atoms with Gasteiger partial charge in [0.15, 0.2) is 0 Å². The van der Waals surface area contributed by atoms with Crippen LogP contribution in [0.1, 0.15) is 22.3 Å². The van der Waals surface area contributed by atoms with Gasteiger partial charge in [-0.25, -0.2) is 0 Å². The molecule has 0 spiro atoms. The summed E-state index contributed by atoms with van der Waals surface area (Å²) in [5, 5.41) is 8.88. The minimum Gasteiger partial charge on any atom is -0.266 e. The second-order valence-electron chi connectivity index (χ2n) is 8.28. The molecular weight excluding hydrogens is 623 g/mol. The molecule has 36 heavy (non-hydrogen) atoms. The van der Waals surface area contributed by atoms with Gasteiger partial charge < -0.3 is 0 Å². The fourth-order valence-electron chi connectivity index (χ4n) is 4.75. The van der Waals surface area contributed by atoms with E-state index in [-0.39, 0.29) is 21.1 Å². The van der Waals surface area contributed by atoms with Crippen LogP contribution in [-0.2, 0) is 26.5 Å². The minimum atomic E-state index is -0.658. The van der Waals surface area contributed by atoms with Crippen molar-refractivity contribution in [2.24, 2.45) is 0 Å². The first-order valence-electron chi connectivity index (χ1n) is 11.5. The molecule has 5 heteroatoms. The minimum absolute atomic E-state index is 0. The molecule has 0 radical (unpaired) electrons. The predicted molar refractivity (Wildman–Crippen MR) is 137 cm³/mol. The van der Waals surface area contributed by atoms with Crippen molar-refractivity contribution in [3.63, 3.8) is 0 Å². The molecule has 176 valence electrons. The van der Waals surface area contributed by atoms with E-state index < -0.39 is 5.41 Å². The Hall–Kier alpha value is -4.01. The van der Waals surface area contributed by atoms with Gasteiger partial charge in [-0.05, 0) is 34.6 Å². The number of nitrogens with zero attached hydrogens (tertiary/aromatic N) is 4. The monoisotopic (exact) mass is 645 g/mol. The van der Waals surface area contributed by atoms with E-state index in [0.717, 1.165) is 33.6 Å². The van der Waals surface area contributed by atoms with Crippen molar-refractivity contribution in [3.05, 3.63) is 168 Å². The Morgan fingerprint density at radius 1 is 0.500 bits per heavy atom. The van der Waals surface area contributed by atoms with Crippen LogP contribution in [0.2, 0.25) is 0 Å². The van der Waals surface area contributed by atoms with Gasteiger partial charge in [0.05, 0.1) is 0 Å². The molecule has 6 aromatic rings. The van der Waals surface area contributed by atoms with Crippen LogP contribution < -0.4 is 0 Å². The summed E-state index contributed by atoms with van der Waals surface area (Å²) >= 11 is 0. The maximum atomic E-state index is 4.44. The molecule has 4 aromatic carbocycles. The third-order valence-corrected chi connectivity index (χ3v) is 6.28. The summed E-state index contributed by atoms with van der Waals surface area (Å²) in [7, 11) is 0. The Balaban J connectivity index is 0.00000267. The van der Waals surface area contributed by atoms with Gasteiger partial charge >= 0.3 is 21.1 Å². The van der Waals surface area contributed by atoms with Crippen LogP contribution in [0.5, 0.6) is 0 Å². The summed E-state index contributed by atoms with van der Waals surface area (Å²) in [5.41, 5.74) is 5.39. The van der Waals surface area contributed by atoms with Crippen molar-refractivity contribution < 1.29 is 21.1 Å². The van der Waals surface area contributed by atoms with E-state index in [4.69, 9.17) is 0 Å². The summed E-state index contributed by atoms with van der Waals surface area (Å²) in [5.74, 6) is 0. The normalized spacial score (nSPS) is 11.1. The van der Waals surface area contributed by atoms with Crippen LogP contribution in [0, 0.1) is 12.1 Å². The van der Waals surface area contributed by atoms with Crippen LogP contribution in [-0.4, -0.2) is 19.6 Å². The summed E-state index contributed by atoms with van der Waals surface area (Å²) in [6, 6.07) is 44.9. The molecule has 0 unspecified atom stereocenters. The third kappa shape index (κ3) is 4.14. The molecule has 0 aliphatic rings. The first-order valence-corrected chi connectivity index (χ1v) is 11.5. The van der Waals surface area contributed by atoms with Crippen LogP contribution in [0.15, 0.2) is 134 Å². The predicted octanol–water partition coefficient (Wildman–Crippen LogP) is 6.04. The number of hydrogen-bond acceptors (Lipinski definition) is 2. The van der Waals surface area contributed by atoms with E-state index in [2.05, 4.69) is 95.1 Å². The number of benzene rings is 4. The zero-order valence-corrected chi connectivity index (χ0v) is 21.6. The van der Waals surface area contributed by atoms with Crippen LogP contribution in [0.25, 0.3) is 11.4 Å². The molecule has 0 saturated carbocycles. The van der Waals surface area contributed by atoms with E-state index in [9.17, 15) is 0 Å². The molecule has 0 aliphatic heterocycles. The van der Waals surface area contributed by atoms with E-state index >= 15 is 0 Å². The molecule has 0 bridgehead atoms. The summed E-state index contributed by atoms with van der Waals surface area (Å²) < 4.78 is 3.68. The Bertz CT molecular complexity index is 1410. The molecule has 0 aliphatic carbocycles. The van der Waals surface area contributed by atoms with Crippen LogP contribution in [0.3, 0.4) is 0 Å². The largest absolute Gasteiger partial charge is 2.00 e. The molecule has 2 aromatic heterocycles. The quantitative estimate of drug-likeness (QED) is 0.164. The van der Waals surface area contributed by atoms with Gasteiger partial charge in [0.1, 0.15) is 0 Å². The van der Waals surface area contributed by atoms with Gasteiger partial charge in [-0.2, -0.15) is 46.6 Å². The number of hydrogen-bond donors (Lipinski definition) is 0. The van der Waals surface area contributed by atoms with E-state index in [1.54, 1.807) is 12.4 Å². The van der Waals surface area contributed by atoms with Crippen molar-refractivity contribution in [1.29, 1.82) is 0 Å². The van der Waals surface area contributed by atoms with Crippen LogP contribution >= 0.6 is 0 Å². The Labute approximate surface area is 225 Å². The summed E-state index contributed by atoms with van der Waals surface area (Å²) in [6.45, 7) is 0. The first kappa shape index (κ1) is 23.7. The summed E-state index contributed by atoms with van der Waals surface area (Å²) in [6.07, 6.45) is 7.44. The SMILES string of the molecule is [Pt+2].[c-]1c(-n2cccn2)cccc1C(c1[c-]c(-n2cccn2)ccc1)(c1ccccc1)c1ccccc1. The Morgan fingerprint density at radius 3 is 1.33 bits per heavy atom. The van der Waals surface area contributed by atoms with E-state index in [1.807, 2.05) is 58.2 Å². The average molecular weight is 646 g/mol. The van der Waals surface area contributed by atoms with Gasteiger partial charge in [0, 0.05) is 30.2 Å². The molecule has 0 N–H and O–H groups in total. The Kier molecular flexibility index (Phi) is 6.79. The average Bonchev–Trinajstić information content (AvgIpc) is 3.66. The molecule has 0 fully saturated rings. The molecule has 6 rings (SSSR count). The van der Waals surface area contributed by atoms with Crippen molar-refractivity contribution in [2.45, 2.75) is 5.41 Å². The maximum absolute atomic E-state index is 4.44. The standard InChI is InChI=1S/C31H22N4.Pt/c1-3-11-25(12-4-1)31(26-13-5-2-6-14-26,27-15-7-17-29(23-27)34-21-9-19-32-34)28-16-8-18-30(24-28)35-22-10-20-33-35;/h1-22H;/q-2;+2. The van der Waals surface area contributed by atoms with Gasteiger partial charge in [-0.3, -0.25) is 9.36 Å². The zero-order valence-electron chi connectivity index (χ0n) is 19.3. The molecular formula is C31H22N4Pt. The first-order chi connectivity index (χ1) is 17.4. The number of aromatic nitrogens is 4. The molecule has 0 amide bonds. The third-order valence-electron chi connectivity index (χ3n) is 6.28. The van der Waals surface area contributed by atoms with Crippen molar-refractivity contribution in [1.82, 2.24) is 19.6 Å². The van der Waals surface area contributed by atoms with E-state index in [0.29, 0.717) is 0 Å². The van der Waals surface area contributed by atoms with Gasteiger partial charge in [-0.15, -0.1) is 23.3 Å². The Morgan fingerprint density at radius 2 is 0.944 bits per heavy atom. The van der Waals surface area contributed by atoms with E-state index in [1.165, 1.54) is 0 Å². The molecule has 0 atom stereocenters. The van der Waals surface area contributed by atoms with Crippen molar-refractivity contribution in [2.75, 3.05) is 0 Å². The van der Waals surface area contributed by atoms with Gasteiger partial charge in [-0.1, -0.05) is 60.7 Å².